The maximum Gasteiger partial charge on any atom is 0.266 e. The van der Waals surface area contributed by atoms with Gasteiger partial charge >= 0.3 is 0 Å². The average molecular weight is 460 g/mol. The average Bonchev–Trinajstić information content (AvgIpc) is 2.83. The second-order valence-corrected chi connectivity index (χ2v) is 8.66. The second-order valence-electron chi connectivity index (χ2n) is 7.72. The zero-order valence-electron chi connectivity index (χ0n) is 18.7. The summed E-state index contributed by atoms with van der Waals surface area (Å²) in [7, 11) is 1.57. The molecule has 0 aliphatic carbocycles. The zero-order valence-corrected chi connectivity index (χ0v) is 19.6. The van der Waals surface area contributed by atoms with Crippen LogP contribution in [0.1, 0.15) is 24.1 Å². The number of nitrogens with one attached hydrogen (secondary N) is 1. The van der Waals surface area contributed by atoms with Crippen molar-refractivity contribution in [3.63, 3.8) is 0 Å². The molecule has 0 spiro atoms. The number of rotatable bonds is 7. The third-order valence-corrected chi connectivity index (χ3v) is 6.27. The van der Waals surface area contributed by atoms with E-state index in [1.54, 1.807) is 19.2 Å². The molecule has 168 valence electrons. The molecule has 0 bridgehead atoms. The van der Waals surface area contributed by atoms with Crippen LogP contribution in [0.15, 0.2) is 82.7 Å². The fraction of sp³-hybridized carbons (Fsp3) is 0.192. The van der Waals surface area contributed by atoms with Crippen LogP contribution in [0, 0.1) is 6.92 Å². The van der Waals surface area contributed by atoms with Gasteiger partial charge in [0.1, 0.15) is 5.75 Å². The molecular formula is C26H25N3O3S. The van der Waals surface area contributed by atoms with Crippen molar-refractivity contribution in [1.82, 2.24) is 14.9 Å². The minimum Gasteiger partial charge on any atom is -0.495 e. The molecule has 0 aliphatic rings. The molecule has 4 aromatic rings. The van der Waals surface area contributed by atoms with E-state index in [9.17, 15) is 9.59 Å². The Balaban J connectivity index is 1.68. The molecule has 0 fully saturated rings. The molecule has 1 atom stereocenters. The van der Waals surface area contributed by atoms with E-state index in [0.717, 1.165) is 11.1 Å². The molecule has 0 unspecified atom stereocenters. The van der Waals surface area contributed by atoms with E-state index in [1.165, 1.54) is 16.3 Å². The number of methoxy groups -OCH3 is 1. The fourth-order valence-electron chi connectivity index (χ4n) is 3.63. The molecular weight excluding hydrogens is 434 g/mol. The van der Waals surface area contributed by atoms with Gasteiger partial charge in [0, 0.05) is 0 Å². The van der Waals surface area contributed by atoms with E-state index in [1.807, 2.05) is 74.5 Å². The lowest BCUT2D eigenvalue weighted by Gasteiger charge is -2.17. The van der Waals surface area contributed by atoms with Crippen LogP contribution >= 0.6 is 11.8 Å². The van der Waals surface area contributed by atoms with Gasteiger partial charge in [0.05, 0.1) is 35.5 Å². The minimum atomic E-state index is -0.204. The number of aryl methyl sites for hydroxylation is 1. The number of carbonyl (C=O) groups excluding carboxylic acids is 1. The Morgan fingerprint density at radius 2 is 1.82 bits per heavy atom. The highest BCUT2D eigenvalue weighted by atomic mass is 32.2. The predicted octanol–water partition coefficient (Wildman–Crippen LogP) is 4.67. The molecule has 6 nitrogen and oxygen atoms in total. The number of amides is 1. The van der Waals surface area contributed by atoms with Crippen molar-refractivity contribution in [1.29, 1.82) is 0 Å². The first kappa shape index (κ1) is 22.6. The molecule has 0 radical (unpaired) electrons. The van der Waals surface area contributed by atoms with Crippen LogP contribution in [0.4, 0.5) is 0 Å². The molecule has 1 amide bonds. The van der Waals surface area contributed by atoms with Crippen LogP contribution in [0.3, 0.4) is 0 Å². The number of hydrogen-bond acceptors (Lipinski definition) is 5. The number of fused-ring (bicyclic) bond motifs is 1. The second kappa shape index (κ2) is 9.92. The van der Waals surface area contributed by atoms with Gasteiger partial charge in [-0.15, -0.1) is 0 Å². The largest absolute Gasteiger partial charge is 0.495 e. The summed E-state index contributed by atoms with van der Waals surface area (Å²) < 4.78 is 7.06. The molecule has 33 heavy (non-hydrogen) atoms. The zero-order chi connectivity index (χ0) is 23.4. The molecule has 0 saturated heterocycles. The molecule has 0 aliphatic heterocycles. The summed E-state index contributed by atoms with van der Waals surface area (Å²) in [6, 6.07) is 22.5. The Morgan fingerprint density at radius 1 is 1.09 bits per heavy atom. The topological polar surface area (TPSA) is 73.2 Å². The molecule has 1 N–H and O–H groups in total. The molecule has 1 heterocycles. The van der Waals surface area contributed by atoms with Crippen LogP contribution in [0.5, 0.6) is 5.75 Å². The number of benzene rings is 3. The van der Waals surface area contributed by atoms with Crippen LogP contribution in [0.2, 0.25) is 0 Å². The third-order valence-electron chi connectivity index (χ3n) is 5.33. The quantitative estimate of drug-likeness (QED) is 0.321. The standard InChI is InChI=1S/C26H25N3O3S/c1-17-13-14-23(32-3)22(15-17)29-25(31)20-11-7-8-12-21(20)28-26(29)33-16-24(30)27-18(2)19-9-5-4-6-10-19/h4-15,18H,16H2,1-3H3,(H,27,30)/t18-/m1/s1. The minimum absolute atomic E-state index is 0.121. The summed E-state index contributed by atoms with van der Waals surface area (Å²) in [4.78, 5) is 30.9. The Kier molecular flexibility index (Phi) is 6.79. The van der Waals surface area contributed by atoms with Gasteiger partial charge in [0.15, 0.2) is 5.16 Å². The summed E-state index contributed by atoms with van der Waals surface area (Å²) >= 11 is 1.23. The molecule has 4 rings (SSSR count). The lowest BCUT2D eigenvalue weighted by Crippen LogP contribution is -2.29. The van der Waals surface area contributed by atoms with E-state index >= 15 is 0 Å². The number of nitrogens with zero attached hydrogens (tertiary/aromatic N) is 2. The molecule has 1 aromatic heterocycles. The van der Waals surface area contributed by atoms with Crippen LogP contribution in [-0.2, 0) is 4.79 Å². The van der Waals surface area contributed by atoms with Crippen molar-refractivity contribution in [2.24, 2.45) is 0 Å². The van der Waals surface area contributed by atoms with Gasteiger partial charge in [-0.25, -0.2) is 4.98 Å². The number of thioether (sulfide) groups is 1. The maximum absolute atomic E-state index is 13.5. The number of carbonyl (C=O) groups is 1. The first-order chi connectivity index (χ1) is 16.0. The van der Waals surface area contributed by atoms with Crippen molar-refractivity contribution in [3.8, 4) is 11.4 Å². The normalized spacial score (nSPS) is 11.8. The van der Waals surface area contributed by atoms with Gasteiger partial charge in [0.2, 0.25) is 5.91 Å². The SMILES string of the molecule is COc1ccc(C)cc1-n1c(SCC(=O)N[C@H](C)c2ccccc2)nc2ccccc2c1=O. The van der Waals surface area contributed by atoms with Crippen molar-refractivity contribution in [2.45, 2.75) is 25.0 Å². The Labute approximate surface area is 196 Å². The van der Waals surface area contributed by atoms with E-state index in [0.29, 0.717) is 27.5 Å². The first-order valence-corrected chi connectivity index (χ1v) is 11.6. The lowest BCUT2D eigenvalue weighted by atomic mass is 10.1. The maximum atomic E-state index is 13.5. The number of aromatic nitrogens is 2. The van der Waals surface area contributed by atoms with E-state index in [2.05, 4.69) is 5.32 Å². The van der Waals surface area contributed by atoms with Gasteiger partial charge in [0.25, 0.3) is 5.56 Å². The predicted molar refractivity (Wildman–Crippen MR) is 132 cm³/mol. The Hall–Kier alpha value is -3.58. The highest BCUT2D eigenvalue weighted by Gasteiger charge is 2.18. The summed E-state index contributed by atoms with van der Waals surface area (Å²) in [6.07, 6.45) is 0. The highest BCUT2D eigenvalue weighted by molar-refractivity contribution is 7.99. The van der Waals surface area contributed by atoms with Crippen LogP contribution < -0.4 is 15.6 Å². The van der Waals surface area contributed by atoms with Gasteiger partial charge in [-0.05, 0) is 49.2 Å². The third kappa shape index (κ3) is 4.93. The van der Waals surface area contributed by atoms with Crippen LogP contribution in [0.25, 0.3) is 16.6 Å². The van der Waals surface area contributed by atoms with E-state index in [4.69, 9.17) is 9.72 Å². The van der Waals surface area contributed by atoms with Gasteiger partial charge in [-0.2, -0.15) is 0 Å². The van der Waals surface area contributed by atoms with Crippen molar-refractivity contribution >= 4 is 28.6 Å². The van der Waals surface area contributed by atoms with Gasteiger partial charge < -0.3 is 10.1 Å². The van der Waals surface area contributed by atoms with Crippen molar-refractivity contribution < 1.29 is 9.53 Å². The Bertz CT molecular complexity index is 1350. The van der Waals surface area contributed by atoms with E-state index in [-0.39, 0.29) is 23.3 Å². The molecule has 7 heteroatoms. The summed E-state index contributed by atoms with van der Waals surface area (Å²) in [5.74, 6) is 0.543. The monoisotopic (exact) mass is 459 g/mol. The van der Waals surface area contributed by atoms with Crippen molar-refractivity contribution in [2.75, 3.05) is 12.9 Å². The molecule has 3 aromatic carbocycles. The smallest absolute Gasteiger partial charge is 0.266 e. The number of para-hydroxylation sites is 1. The lowest BCUT2D eigenvalue weighted by molar-refractivity contribution is -0.119. The van der Waals surface area contributed by atoms with Gasteiger partial charge in [-0.1, -0.05) is 60.3 Å². The number of hydrogen-bond donors (Lipinski definition) is 1. The van der Waals surface area contributed by atoms with Gasteiger partial charge in [-0.3, -0.25) is 14.2 Å². The summed E-state index contributed by atoms with van der Waals surface area (Å²) in [6.45, 7) is 3.90. The first-order valence-electron chi connectivity index (χ1n) is 10.6. The van der Waals surface area contributed by atoms with Crippen LogP contribution in [-0.4, -0.2) is 28.3 Å². The summed E-state index contributed by atoms with van der Waals surface area (Å²) in [5.41, 5.74) is 3.00. The van der Waals surface area contributed by atoms with Crippen molar-refractivity contribution in [3.05, 3.63) is 94.3 Å². The van der Waals surface area contributed by atoms with E-state index < -0.39 is 0 Å². The Morgan fingerprint density at radius 3 is 2.58 bits per heavy atom. The fourth-order valence-corrected chi connectivity index (χ4v) is 4.45. The molecule has 0 saturated carbocycles. The highest BCUT2D eigenvalue weighted by Crippen LogP contribution is 2.28. The summed E-state index contributed by atoms with van der Waals surface area (Å²) in [5, 5.41) is 3.95. The number of ether oxygens (including phenoxy) is 1.